The minimum Gasteiger partial charge on any atom is -0.399 e. The third-order valence-corrected chi connectivity index (χ3v) is 6.45. The number of nitrogen functional groups attached to an aromatic ring is 1. The van der Waals surface area contributed by atoms with Gasteiger partial charge in [-0.3, -0.25) is 4.79 Å². The molecule has 0 aromatic heterocycles. The number of carbonyl (C=O) groups is 1. The third kappa shape index (κ3) is 3.08. The molecule has 3 aliphatic rings. The summed E-state index contributed by atoms with van der Waals surface area (Å²) in [4.78, 5) is 12.3. The highest BCUT2D eigenvalue weighted by Crippen LogP contribution is 2.58. The lowest BCUT2D eigenvalue weighted by atomic mass is 9.79. The Hall–Kier alpha value is -1.22. The molecule has 0 saturated heterocycles. The zero-order valence-electron chi connectivity index (χ0n) is 13.5. The van der Waals surface area contributed by atoms with Gasteiger partial charge < -0.3 is 11.1 Å². The number of para-hydroxylation sites is 1. The first-order valence-corrected chi connectivity index (χ1v) is 8.85. The molecule has 0 spiro atoms. The van der Waals surface area contributed by atoms with Crippen molar-refractivity contribution in [2.75, 3.05) is 5.73 Å². The first-order chi connectivity index (χ1) is 10.7. The number of hydrogen-bond acceptors (Lipinski definition) is 2. The smallest absolute Gasteiger partial charge is 0.220 e. The van der Waals surface area contributed by atoms with Crippen molar-refractivity contribution in [2.45, 2.75) is 51.0 Å². The van der Waals surface area contributed by atoms with Crippen LogP contribution in [0.5, 0.6) is 0 Å². The van der Waals surface area contributed by atoms with E-state index in [9.17, 15) is 4.79 Å². The highest BCUT2D eigenvalue weighted by Gasteiger charge is 2.53. The van der Waals surface area contributed by atoms with Crippen molar-refractivity contribution < 1.29 is 4.79 Å². The Bertz CT molecular complexity index is 576. The monoisotopic (exact) mass is 334 g/mol. The number of nitrogens with one attached hydrogen (secondary N) is 1. The van der Waals surface area contributed by atoms with E-state index in [4.69, 9.17) is 5.73 Å². The maximum Gasteiger partial charge on any atom is 0.220 e. The van der Waals surface area contributed by atoms with Gasteiger partial charge in [0, 0.05) is 18.2 Å². The van der Waals surface area contributed by atoms with E-state index in [0.29, 0.717) is 12.5 Å². The number of amides is 1. The summed E-state index contributed by atoms with van der Waals surface area (Å²) in [5.41, 5.74) is 7.83. The average Bonchev–Trinajstić information content (AvgIpc) is 3.18. The quantitative estimate of drug-likeness (QED) is 0.827. The number of hydrogen-bond donors (Lipinski definition) is 2. The van der Waals surface area contributed by atoms with E-state index in [0.717, 1.165) is 41.3 Å². The Labute approximate surface area is 144 Å². The Kier molecular flexibility index (Phi) is 4.86. The highest BCUT2D eigenvalue weighted by molar-refractivity contribution is 5.85. The fourth-order valence-electron chi connectivity index (χ4n) is 5.52. The summed E-state index contributed by atoms with van der Waals surface area (Å²) in [6.07, 6.45) is 8.15. The number of rotatable bonds is 4. The van der Waals surface area contributed by atoms with Gasteiger partial charge in [0.15, 0.2) is 0 Å². The molecule has 1 aromatic rings. The second kappa shape index (κ2) is 6.72. The second-order valence-corrected chi connectivity index (χ2v) is 7.53. The van der Waals surface area contributed by atoms with Crippen LogP contribution >= 0.6 is 12.4 Å². The van der Waals surface area contributed by atoms with Gasteiger partial charge >= 0.3 is 0 Å². The largest absolute Gasteiger partial charge is 0.399 e. The van der Waals surface area contributed by atoms with Gasteiger partial charge in [0.2, 0.25) is 5.91 Å². The number of aryl methyl sites for hydroxylation is 1. The van der Waals surface area contributed by atoms with Crippen LogP contribution in [0.3, 0.4) is 0 Å². The van der Waals surface area contributed by atoms with E-state index < -0.39 is 0 Å². The maximum absolute atomic E-state index is 12.3. The molecular weight excluding hydrogens is 308 g/mol. The third-order valence-electron chi connectivity index (χ3n) is 6.45. The average molecular weight is 335 g/mol. The van der Waals surface area contributed by atoms with Gasteiger partial charge in [-0.15, -0.1) is 12.4 Å². The van der Waals surface area contributed by atoms with E-state index in [-0.39, 0.29) is 18.3 Å². The van der Waals surface area contributed by atoms with Crippen LogP contribution in [0.25, 0.3) is 0 Å². The molecule has 1 aromatic carbocycles. The van der Waals surface area contributed by atoms with Crippen molar-refractivity contribution in [1.82, 2.24) is 5.32 Å². The van der Waals surface area contributed by atoms with Crippen LogP contribution in [0.2, 0.25) is 0 Å². The van der Waals surface area contributed by atoms with Crippen LogP contribution in [-0.2, 0) is 11.2 Å². The molecule has 3 saturated carbocycles. The molecule has 2 bridgehead atoms. The van der Waals surface area contributed by atoms with Gasteiger partial charge in [-0.2, -0.15) is 0 Å². The van der Waals surface area contributed by atoms with Crippen LogP contribution in [-0.4, -0.2) is 11.9 Å². The van der Waals surface area contributed by atoms with Crippen molar-refractivity contribution in [1.29, 1.82) is 0 Å². The molecule has 4 rings (SSSR count). The lowest BCUT2D eigenvalue weighted by Gasteiger charge is -2.32. The maximum atomic E-state index is 12.3. The fraction of sp³-hybridized carbons (Fsp3) is 0.632. The zero-order valence-corrected chi connectivity index (χ0v) is 14.4. The van der Waals surface area contributed by atoms with Crippen molar-refractivity contribution in [3.63, 3.8) is 0 Å². The normalized spacial score (nSPS) is 34.0. The van der Waals surface area contributed by atoms with Gasteiger partial charge in [0.05, 0.1) is 0 Å². The summed E-state index contributed by atoms with van der Waals surface area (Å²) in [6, 6.07) is 8.29. The molecule has 0 aliphatic heterocycles. The van der Waals surface area contributed by atoms with Gasteiger partial charge in [-0.1, -0.05) is 24.6 Å². The molecule has 3 N–H and O–H groups in total. The number of halogens is 1. The summed E-state index contributed by atoms with van der Waals surface area (Å²) < 4.78 is 0. The predicted molar refractivity (Wildman–Crippen MR) is 95.4 cm³/mol. The van der Waals surface area contributed by atoms with Crippen LogP contribution in [0.4, 0.5) is 5.69 Å². The first-order valence-electron chi connectivity index (χ1n) is 8.85. The van der Waals surface area contributed by atoms with Gasteiger partial charge in [0.25, 0.3) is 0 Å². The van der Waals surface area contributed by atoms with Crippen molar-refractivity contribution in [2.24, 2.45) is 23.7 Å². The molecule has 0 heterocycles. The minimum absolute atomic E-state index is 0. The molecule has 23 heavy (non-hydrogen) atoms. The van der Waals surface area contributed by atoms with Crippen LogP contribution in [0.1, 0.15) is 44.1 Å². The van der Waals surface area contributed by atoms with Gasteiger partial charge in [-0.25, -0.2) is 0 Å². The molecule has 0 radical (unpaired) electrons. The second-order valence-electron chi connectivity index (χ2n) is 7.53. The summed E-state index contributed by atoms with van der Waals surface area (Å²) >= 11 is 0. The number of benzene rings is 1. The van der Waals surface area contributed by atoms with E-state index in [2.05, 4.69) is 5.32 Å². The summed E-state index contributed by atoms with van der Waals surface area (Å²) in [5.74, 6) is 3.77. The number of carbonyl (C=O) groups excluding carboxylic acids is 1. The van der Waals surface area contributed by atoms with Gasteiger partial charge in [-0.05, 0) is 67.4 Å². The SMILES string of the molecule is Cl.Nc1ccccc1CCC(=O)NC1CC2CC1C1CCCC21. The highest BCUT2D eigenvalue weighted by atomic mass is 35.5. The van der Waals surface area contributed by atoms with Crippen LogP contribution < -0.4 is 11.1 Å². The predicted octanol–water partition coefficient (Wildman–Crippen LogP) is 3.56. The Balaban J connectivity index is 0.00000156. The zero-order chi connectivity index (χ0) is 15.1. The Morgan fingerprint density at radius 3 is 2.74 bits per heavy atom. The van der Waals surface area contributed by atoms with E-state index in [1.165, 1.54) is 32.1 Å². The molecule has 3 fully saturated rings. The lowest BCUT2D eigenvalue weighted by Crippen LogP contribution is -2.42. The van der Waals surface area contributed by atoms with E-state index in [1.807, 2.05) is 24.3 Å². The molecule has 5 atom stereocenters. The molecule has 126 valence electrons. The van der Waals surface area contributed by atoms with E-state index >= 15 is 0 Å². The fourth-order valence-corrected chi connectivity index (χ4v) is 5.52. The lowest BCUT2D eigenvalue weighted by molar-refractivity contribution is -0.122. The summed E-state index contributed by atoms with van der Waals surface area (Å²) in [7, 11) is 0. The Morgan fingerprint density at radius 2 is 1.91 bits per heavy atom. The standard InChI is InChI=1S/C19H26N2O.ClH/c20-17-7-2-1-4-12(17)8-9-19(22)21-18-11-13-10-16(18)15-6-3-5-14(13)15;/h1-2,4,7,13-16,18H,3,5-6,8-11,20H2,(H,21,22);1H. The Morgan fingerprint density at radius 1 is 1.13 bits per heavy atom. The molecular formula is C19H27ClN2O. The molecule has 3 nitrogen and oxygen atoms in total. The van der Waals surface area contributed by atoms with Crippen molar-refractivity contribution >= 4 is 24.0 Å². The van der Waals surface area contributed by atoms with Crippen LogP contribution in [0, 0.1) is 23.7 Å². The molecule has 1 amide bonds. The summed E-state index contributed by atoms with van der Waals surface area (Å²) in [5, 5.41) is 3.33. The number of fused-ring (bicyclic) bond motifs is 5. The molecule has 4 heteroatoms. The van der Waals surface area contributed by atoms with E-state index in [1.54, 1.807) is 0 Å². The number of nitrogens with two attached hydrogens (primary N) is 1. The summed E-state index contributed by atoms with van der Waals surface area (Å²) in [6.45, 7) is 0. The van der Waals surface area contributed by atoms with Crippen molar-refractivity contribution in [3.8, 4) is 0 Å². The molecule has 3 aliphatic carbocycles. The molecule has 5 unspecified atom stereocenters. The first kappa shape index (κ1) is 16.6. The van der Waals surface area contributed by atoms with Gasteiger partial charge in [0.1, 0.15) is 0 Å². The van der Waals surface area contributed by atoms with Crippen LogP contribution in [0.15, 0.2) is 24.3 Å². The topological polar surface area (TPSA) is 55.1 Å². The van der Waals surface area contributed by atoms with Crippen molar-refractivity contribution in [3.05, 3.63) is 29.8 Å². The number of anilines is 1. The minimum atomic E-state index is 0.